The van der Waals surface area contributed by atoms with Crippen molar-refractivity contribution in [1.82, 2.24) is 4.98 Å². The summed E-state index contributed by atoms with van der Waals surface area (Å²) in [7, 11) is 0. The molecule has 0 unspecified atom stereocenters. The van der Waals surface area contributed by atoms with Crippen molar-refractivity contribution in [2.75, 3.05) is 13.2 Å². The zero-order valence-electron chi connectivity index (χ0n) is 11.9. The average Bonchev–Trinajstić information content (AvgIpc) is 2.49. The number of nitrogens with zero attached hydrogens (tertiary/aromatic N) is 1. The van der Waals surface area contributed by atoms with E-state index in [1.54, 1.807) is 24.3 Å². The average molecular weight is 299 g/mol. The second kappa shape index (κ2) is 5.85. The summed E-state index contributed by atoms with van der Waals surface area (Å²) in [5, 5.41) is 0. The van der Waals surface area contributed by atoms with Gasteiger partial charge in [0, 0.05) is 19.1 Å². The van der Waals surface area contributed by atoms with Crippen LogP contribution in [0.5, 0.6) is 5.75 Å². The normalized spacial score (nSPS) is 10.8. The van der Waals surface area contributed by atoms with E-state index in [0.29, 0.717) is 28.3 Å². The molecule has 1 aliphatic heterocycles. The molecule has 1 aromatic rings. The van der Waals surface area contributed by atoms with Crippen LogP contribution in [0.15, 0.2) is 45.6 Å². The predicted octanol–water partition coefficient (Wildman–Crippen LogP) is 2.23. The molecule has 0 saturated heterocycles. The number of ether oxygens (including phenoxy) is 2. The fraction of sp³-hybridized carbons (Fsp3) is 0.188. The number of esters is 1. The molecule has 0 amide bonds. The molecule has 0 fully saturated rings. The van der Waals surface area contributed by atoms with Gasteiger partial charge in [-0.2, -0.15) is 0 Å². The minimum Gasteiger partial charge on any atom is -0.490 e. The van der Waals surface area contributed by atoms with Gasteiger partial charge in [-0.1, -0.05) is 0 Å². The lowest BCUT2D eigenvalue weighted by Gasteiger charge is -2.08. The first-order valence-electron chi connectivity index (χ1n) is 6.73. The summed E-state index contributed by atoms with van der Waals surface area (Å²) in [6.07, 6.45) is 0. The van der Waals surface area contributed by atoms with Crippen LogP contribution < -0.4 is 10.2 Å². The number of hydrogen-bond acceptors (Lipinski definition) is 6. The van der Waals surface area contributed by atoms with E-state index in [1.807, 2.05) is 0 Å². The van der Waals surface area contributed by atoms with Crippen molar-refractivity contribution in [1.29, 1.82) is 0 Å². The Kier molecular flexibility index (Phi) is 3.74. The molecule has 6 nitrogen and oxygen atoms in total. The van der Waals surface area contributed by atoms with Crippen molar-refractivity contribution < 1.29 is 18.7 Å². The van der Waals surface area contributed by atoms with E-state index >= 15 is 0 Å². The van der Waals surface area contributed by atoms with E-state index in [9.17, 15) is 9.59 Å². The number of carbonyl (C=O) groups is 1. The summed E-state index contributed by atoms with van der Waals surface area (Å²) < 4.78 is 15.9. The lowest BCUT2D eigenvalue weighted by molar-refractivity contribution is -0.141. The van der Waals surface area contributed by atoms with Crippen molar-refractivity contribution >= 4 is 17.1 Å². The van der Waals surface area contributed by atoms with E-state index in [0.717, 1.165) is 0 Å². The highest BCUT2D eigenvalue weighted by atomic mass is 16.6. The molecule has 0 atom stereocenters. The Labute approximate surface area is 125 Å². The number of hydrogen-bond donors (Lipinski definition) is 0. The molecule has 112 valence electrons. The third kappa shape index (κ3) is 3.06. The minimum absolute atomic E-state index is 0.133. The number of carbonyl (C=O) groups excluding carboxylic acids is 1. The fourth-order valence-corrected chi connectivity index (χ4v) is 2.02. The van der Waals surface area contributed by atoms with Crippen LogP contribution >= 0.6 is 0 Å². The first-order chi connectivity index (χ1) is 10.6. The molecule has 0 saturated carbocycles. The van der Waals surface area contributed by atoms with Crippen LogP contribution in [0.4, 0.5) is 0 Å². The summed E-state index contributed by atoms with van der Waals surface area (Å²) in [6, 6.07) is 9.69. The third-order valence-electron chi connectivity index (χ3n) is 2.98. The molecule has 1 aromatic carbocycles. The van der Waals surface area contributed by atoms with Crippen LogP contribution in [0.2, 0.25) is 0 Å². The van der Waals surface area contributed by atoms with Crippen LogP contribution in [0.3, 0.4) is 0 Å². The largest absolute Gasteiger partial charge is 0.490 e. The first-order valence-corrected chi connectivity index (χ1v) is 6.73. The van der Waals surface area contributed by atoms with E-state index < -0.39 is 0 Å². The Morgan fingerprint density at radius 1 is 1.18 bits per heavy atom. The monoisotopic (exact) mass is 299 g/mol. The van der Waals surface area contributed by atoms with Crippen LogP contribution in [0.25, 0.3) is 22.6 Å². The topological polar surface area (TPSA) is 78.6 Å². The summed E-state index contributed by atoms with van der Waals surface area (Å²) in [5.41, 5.74) is 1.67. The van der Waals surface area contributed by atoms with Crippen LogP contribution in [-0.4, -0.2) is 24.2 Å². The summed E-state index contributed by atoms with van der Waals surface area (Å²) in [6.45, 7) is 1.77. The van der Waals surface area contributed by atoms with Crippen molar-refractivity contribution in [3.05, 3.63) is 46.6 Å². The molecule has 3 rings (SSSR count). The number of aromatic nitrogens is 1. The van der Waals surface area contributed by atoms with E-state index in [4.69, 9.17) is 13.9 Å². The number of fused-ring (bicyclic) bond motifs is 2. The van der Waals surface area contributed by atoms with Gasteiger partial charge < -0.3 is 13.9 Å². The summed E-state index contributed by atoms with van der Waals surface area (Å²) in [5.74, 6) is 0.654. The van der Waals surface area contributed by atoms with Crippen LogP contribution in [0.1, 0.15) is 6.92 Å². The molecule has 0 aromatic heterocycles. The van der Waals surface area contributed by atoms with Crippen molar-refractivity contribution in [2.24, 2.45) is 0 Å². The number of benzene rings is 2. The van der Waals surface area contributed by atoms with Gasteiger partial charge in [0.2, 0.25) is 0 Å². The Morgan fingerprint density at radius 3 is 2.86 bits per heavy atom. The molecule has 6 heteroatoms. The van der Waals surface area contributed by atoms with Crippen molar-refractivity contribution in [3.8, 4) is 17.2 Å². The van der Waals surface area contributed by atoms with Gasteiger partial charge in [-0.15, -0.1) is 0 Å². The van der Waals surface area contributed by atoms with Gasteiger partial charge in [0.15, 0.2) is 16.8 Å². The molecular weight excluding hydrogens is 286 g/mol. The van der Waals surface area contributed by atoms with Crippen molar-refractivity contribution in [3.63, 3.8) is 0 Å². The van der Waals surface area contributed by atoms with Gasteiger partial charge in [-0.25, -0.2) is 4.98 Å². The quantitative estimate of drug-likeness (QED) is 0.417. The van der Waals surface area contributed by atoms with Gasteiger partial charge in [-0.05, 0) is 24.3 Å². The maximum atomic E-state index is 11.4. The second-order valence-electron chi connectivity index (χ2n) is 4.66. The Balaban J connectivity index is 1.86. The first kappa shape index (κ1) is 14.1. The minimum atomic E-state index is -0.346. The fourth-order valence-electron chi connectivity index (χ4n) is 2.02. The second-order valence-corrected chi connectivity index (χ2v) is 4.66. The van der Waals surface area contributed by atoms with E-state index in [1.165, 1.54) is 19.1 Å². The lowest BCUT2D eigenvalue weighted by atomic mass is 10.2. The van der Waals surface area contributed by atoms with Gasteiger partial charge in [0.25, 0.3) is 0 Å². The Morgan fingerprint density at radius 2 is 2.05 bits per heavy atom. The molecule has 1 aliphatic carbocycles. The Hall–Kier alpha value is -2.89. The highest BCUT2D eigenvalue weighted by molar-refractivity contribution is 5.77. The SMILES string of the molecule is CC(=O)OCCOc1ccc2nc3ccc(=O)cc-3oc2c1. The van der Waals surface area contributed by atoms with Gasteiger partial charge in [-0.3, -0.25) is 9.59 Å². The Bertz CT molecular complexity index is 855. The van der Waals surface area contributed by atoms with Crippen LogP contribution in [0, 0.1) is 0 Å². The zero-order valence-corrected chi connectivity index (χ0v) is 11.9. The smallest absolute Gasteiger partial charge is 0.302 e. The molecule has 0 bridgehead atoms. The summed E-state index contributed by atoms with van der Waals surface area (Å²) in [4.78, 5) is 26.4. The third-order valence-corrected chi connectivity index (χ3v) is 2.98. The lowest BCUT2D eigenvalue weighted by Crippen LogP contribution is -2.09. The van der Waals surface area contributed by atoms with Gasteiger partial charge in [0.1, 0.15) is 30.2 Å². The number of rotatable bonds is 4. The van der Waals surface area contributed by atoms with Gasteiger partial charge >= 0.3 is 5.97 Å². The summed E-state index contributed by atoms with van der Waals surface area (Å²) >= 11 is 0. The van der Waals surface area contributed by atoms with Gasteiger partial charge in [0.05, 0.1) is 0 Å². The maximum Gasteiger partial charge on any atom is 0.302 e. The standard InChI is InChI=1S/C16H13NO5/c1-10(18)20-6-7-21-12-3-5-14-16(9-12)22-15-8-11(19)2-4-13(15)17-14/h2-5,8-9H,6-7H2,1H3. The van der Waals surface area contributed by atoms with E-state index in [2.05, 4.69) is 4.98 Å². The molecule has 22 heavy (non-hydrogen) atoms. The molecule has 0 radical (unpaired) electrons. The molecule has 0 spiro atoms. The molecular formula is C16H13NO5. The van der Waals surface area contributed by atoms with Crippen LogP contribution in [-0.2, 0) is 9.53 Å². The maximum absolute atomic E-state index is 11.4. The predicted molar refractivity (Wildman–Crippen MR) is 79.0 cm³/mol. The highest BCUT2D eigenvalue weighted by Crippen LogP contribution is 2.26. The molecule has 2 aliphatic rings. The zero-order chi connectivity index (χ0) is 15.5. The molecule has 0 N–H and O–H groups in total. The van der Waals surface area contributed by atoms with E-state index in [-0.39, 0.29) is 24.6 Å². The highest BCUT2D eigenvalue weighted by Gasteiger charge is 2.09. The van der Waals surface area contributed by atoms with Crippen molar-refractivity contribution in [2.45, 2.75) is 6.92 Å². The molecule has 1 heterocycles.